The summed E-state index contributed by atoms with van der Waals surface area (Å²) in [7, 11) is 1.84. The van der Waals surface area contributed by atoms with Gasteiger partial charge in [0.25, 0.3) is 0 Å². The van der Waals surface area contributed by atoms with Crippen LogP contribution < -0.4 is 5.32 Å². The Bertz CT molecular complexity index is 368. The van der Waals surface area contributed by atoms with E-state index in [0.29, 0.717) is 19.6 Å². The van der Waals surface area contributed by atoms with Crippen molar-refractivity contribution in [2.45, 2.75) is 13.3 Å². The molecular weight excluding hydrogens is 282 g/mol. The van der Waals surface area contributed by atoms with Crippen LogP contribution in [0, 0.1) is 5.92 Å². The van der Waals surface area contributed by atoms with Crippen LogP contribution in [0.3, 0.4) is 0 Å². The topological polar surface area (TPSA) is 38.3 Å². The van der Waals surface area contributed by atoms with E-state index < -0.39 is 0 Å². The molecule has 4 heteroatoms. The van der Waals surface area contributed by atoms with Crippen LogP contribution in [0.5, 0.6) is 0 Å². The number of halogens is 1. The summed E-state index contributed by atoms with van der Waals surface area (Å²) in [6.45, 7) is 2.89. The Morgan fingerprint density at radius 3 is 2.88 bits per heavy atom. The third-order valence-corrected chi connectivity index (χ3v) is 2.93. The van der Waals surface area contributed by atoms with Crippen molar-refractivity contribution < 1.29 is 9.53 Å². The van der Waals surface area contributed by atoms with E-state index in [1.54, 1.807) is 0 Å². The minimum atomic E-state index is -0.137. The van der Waals surface area contributed by atoms with Gasteiger partial charge in [0, 0.05) is 11.0 Å². The van der Waals surface area contributed by atoms with Crippen LogP contribution in [0.4, 0.5) is 0 Å². The number of benzene rings is 1. The van der Waals surface area contributed by atoms with Gasteiger partial charge in [0.05, 0.1) is 12.5 Å². The van der Waals surface area contributed by atoms with E-state index >= 15 is 0 Å². The van der Waals surface area contributed by atoms with Crippen LogP contribution >= 0.6 is 15.9 Å². The standard InChI is InChI=1S/C13H18BrNO2/c1-3-17-13(16)11(9-15-2)7-10-5-4-6-12(14)8-10/h4-6,8,11,15H,3,7,9H2,1-2H3/t11-/m1/s1. The molecule has 3 nitrogen and oxygen atoms in total. The molecule has 0 fully saturated rings. The van der Waals surface area contributed by atoms with E-state index in [1.165, 1.54) is 0 Å². The van der Waals surface area contributed by atoms with Gasteiger partial charge in [-0.2, -0.15) is 0 Å². The Labute approximate surface area is 111 Å². The molecule has 1 rings (SSSR count). The van der Waals surface area contributed by atoms with Crippen molar-refractivity contribution in [1.82, 2.24) is 5.32 Å². The Morgan fingerprint density at radius 2 is 2.29 bits per heavy atom. The predicted molar refractivity (Wildman–Crippen MR) is 71.9 cm³/mol. The molecule has 0 bridgehead atoms. The number of nitrogens with one attached hydrogen (secondary N) is 1. The molecule has 0 radical (unpaired) electrons. The highest BCUT2D eigenvalue weighted by atomic mass is 79.9. The van der Waals surface area contributed by atoms with Gasteiger partial charge in [0.2, 0.25) is 0 Å². The largest absolute Gasteiger partial charge is 0.466 e. The summed E-state index contributed by atoms with van der Waals surface area (Å²) in [5, 5.41) is 3.03. The predicted octanol–water partition coefficient (Wildman–Crippen LogP) is 2.39. The molecular formula is C13H18BrNO2. The van der Waals surface area contributed by atoms with Gasteiger partial charge in [-0.25, -0.2) is 0 Å². The van der Waals surface area contributed by atoms with Crippen LogP contribution in [-0.4, -0.2) is 26.2 Å². The zero-order valence-corrected chi connectivity index (χ0v) is 11.8. The van der Waals surface area contributed by atoms with Crippen molar-refractivity contribution in [1.29, 1.82) is 0 Å². The molecule has 0 aliphatic carbocycles. The maximum Gasteiger partial charge on any atom is 0.310 e. The van der Waals surface area contributed by atoms with E-state index in [-0.39, 0.29) is 11.9 Å². The summed E-state index contributed by atoms with van der Waals surface area (Å²) >= 11 is 3.43. The van der Waals surface area contributed by atoms with Crippen LogP contribution in [-0.2, 0) is 16.0 Å². The van der Waals surface area contributed by atoms with E-state index in [4.69, 9.17) is 4.74 Å². The lowest BCUT2D eigenvalue weighted by molar-refractivity contribution is -0.147. The zero-order valence-electron chi connectivity index (χ0n) is 10.2. The lowest BCUT2D eigenvalue weighted by Crippen LogP contribution is -2.29. The Hall–Kier alpha value is -0.870. The molecule has 1 N–H and O–H groups in total. The van der Waals surface area contributed by atoms with Gasteiger partial charge < -0.3 is 10.1 Å². The summed E-state index contributed by atoms with van der Waals surface area (Å²) in [5.41, 5.74) is 1.13. The van der Waals surface area contributed by atoms with Gasteiger partial charge in [-0.15, -0.1) is 0 Å². The molecule has 1 aromatic carbocycles. The first-order chi connectivity index (χ1) is 8.17. The Kier molecular flexibility index (Phi) is 6.22. The molecule has 0 aliphatic rings. The van der Waals surface area contributed by atoms with Gasteiger partial charge in [-0.1, -0.05) is 28.1 Å². The molecule has 17 heavy (non-hydrogen) atoms. The summed E-state index contributed by atoms with van der Waals surface area (Å²) < 4.78 is 6.10. The second-order valence-corrected chi connectivity index (χ2v) is 4.76. The number of carbonyl (C=O) groups excluding carboxylic acids is 1. The molecule has 0 amide bonds. The van der Waals surface area contributed by atoms with Crippen LogP contribution in [0.15, 0.2) is 28.7 Å². The highest BCUT2D eigenvalue weighted by molar-refractivity contribution is 9.10. The first-order valence-corrected chi connectivity index (χ1v) is 6.52. The minimum absolute atomic E-state index is 0.130. The van der Waals surface area contributed by atoms with Crippen LogP contribution in [0.25, 0.3) is 0 Å². The SMILES string of the molecule is CCOC(=O)[C@@H](CNC)Cc1cccc(Br)c1. The van der Waals surface area contributed by atoms with Crippen molar-refractivity contribution in [2.24, 2.45) is 5.92 Å². The molecule has 0 heterocycles. The average molecular weight is 300 g/mol. The maximum atomic E-state index is 11.7. The van der Waals surface area contributed by atoms with E-state index in [2.05, 4.69) is 21.2 Å². The van der Waals surface area contributed by atoms with Gasteiger partial charge in [-0.05, 0) is 38.1 Å². The van der Waals surface area contributed by atoms with E-state index in [9.17, 15) is 4.79 Å². The number of hydrogen-bond acceptors (Lipinski definition) is 3. The van der Waals surface area contributed by atoms with Gasteiger partial charge in [-0.3, -0.25) is 4.79 Å². The van der Waals surface area contributed by atoms with Gasteiger partial charge in [0.15, 0.2) is 0 Å². The van der Waals surface area contributed by atoms with E-state index in [0.717, 1.165) is 10.0 Å². The molecule has 1 aromatic rings. The summed E-state index contributed by atoms with van der Waals surface area (Å²) in [4.78, 5) is 11.7. The first kappa shape index (κ1) is 14.2. The van der Waals surface area contributed by atoms with Crippen molar-refractivity contribution >= 4 is 21.9 Å². The van der Waals surface area contributed by atoms with Crippen molar-refractivity contribution in [3.63, 3.8) is 0 Å². The average Bonchev–Trinajstić information content (AvgIpc) is 2.29. The fraction of sp³-hybridized carbons (Fsp3) is 0.462. The highest BCUT2D eigenvalue weighted by Gasteiger charge is 2.19. The number of hydrogen-bond donors (Lipinski definition) is 1. The van der Waals surface area contributed by atoms with Crippen molar-refractivity contribution in [3.05, 3.63) is 34.3 Å². The fourth-order valence-electron chi connectivity index (χ4n) is 1.69. The fourth-order valence-corrected chi connectivity index (χ4v) is 2.14. The third kappa shape index (κ3) is 4.88. The lowest BCUT2D eigenvalue weighted by atomic mass is 9.99. The Morgan fingerprint density at radius 1 is 1.53 bits per heavy atom. The summed E-state index contributed by atoms with van der Waals surface area (Å²) in [6, 6.07) is 8.00. The summed E-state index contributed by atoms with van der Waals surface area (Å²) in [5.74, 6) is -0.268. The highest BCUT2D eigenvalue weighted by Crippen LogP contribution is 2.15. The molecule has 0 aromatic heterocycles. The smallest absolute Gasteiger partial charge is 0.310 e. The Balaban J connectivity index is 2.69. The molecule has 0 saturated carbocycles. The number of ether oxygens (including phenoxy) is 1. The number of esters is 1. The van der Waals surface area contributed by atoms with E-state index in [1.807, 2.05) is 38.2 Å². The number of rotatable bonds is 6. The quantitative estimate of drug-likeness (QED) is 0.820. The van der Waals surface area contributed by atoms with Crippen molar-refractivity contribution in [3.8, 4) is 0 Å². The molecule has 0 spiro atoms. The summed E-state index contributed by atoms with van der Waals surface area (Å²) in [6.07, 6.45) is 0.694. The molecule has 0 unspecified atom stereocenters. The zero-order chi connectivity index (χ0) is 12.7. The first-order valence-electron chi connectivity index (χ1n) is 5.73. The molecule has 1 atom stereocenters. The second kappa shape index (κ2) is 7.45. The third-order valence-electron chi connectivity index (χ3n) is 2.44. The monoisotopic (exact) mass is 299 g/mol. The molecule has 0 saturated heterocycles. The lowest BCUT2D eigenvalue weighted by Gasteiger charge is -2.15. The molecule has 94 valence electrons. The normalized spacial score (nSPS) is 12.2. The van der Waals surface area contributed by atoms with Crippen molar-refractivity contribution in [2.75, 3.05) is 20.2 Å². The van der Waals surface area contributed by atoms with Crippen LogP contribution in [0.2, 0.25) is 0 Å². The number of carbonyl (C=O) groups is 1. The van der Waals surface area contributed by atoms with Gasteiger partial charge >= 0.3 is 5.97 Å². The second-order valence-electron chi connectivity index (χ2n) is 3.84. The maximum absolute atomic E-state index is 11.7. The minimum Gasteiger partial charge on any atom is -0.466 e. The van der Waals surface area contributed by atoms with Crippen LogP contribution in [0.1, 0.15) is 12.5 Å². The molecule has 0 aliphatic heterocycles. The van der Waals surface area contributed by atoms with Gasteiger partial charge in [0.1, 0.15) is 0 Å².